The molecule has 1 saturated heterocycles. The number of hydrogen-bond donors (Lipinski definition) is 2. The molecule has 3 heterocycles. The number of ether oxygens (including phenoxy) is 1. The molecule has 194 valence electrons. The summed E-state index contributed by atoms with van der Waals surface area (Å²) >= 11 is 3.07. The lowest BCUT2D eigenvalue weighted by molar-refractivity contribution is -0.137. The number of benzene rings is 1. The van der Waals surface area contributed by atoms with Crippen molar-refractivity contribution in [3.8, 4) is 0 Å². The predicted molar refractivity (Wildman–Crippen MR) is 132 cm³/mol. The third-order valence-electron chi connectivity index (χ3n) is 6.11. The Morgan fingerprint density at radius 3 is 2.54 bits per heavy atom. The number of rotatable bonds is 8. The summed E-state index contributed by atoms with van der Waals surface area (Å²) in [5.41, 5.74) is -0.776. The predicted octanol–water partition coefficient (Wildman–Crippen LogP) is 5.25. The summed E-state index contributed by atoms with van der Waals surface area (Å²) in [5, 5.41) is 5.65. The van der Waals surface area contributed by atoms with Crippen LogP contribution in [0.4, 0.5) is 24.5 Å². The van der Waals surface area contributed by atoms with E-state index in [1.165, 1.54) is 37.1 Å². The van der Waals surface area contributed by atoms with Crippen LogP contribution in [0.1, 0.15) is 47.4 Å². The fourth-order valence-corrected chi connectivity index (χ4v) is 4.39. The molecule has 12 heteroatoms. The number of ketones is 1. The van der Waals surface area contributed by atoms with E-state index in [-0.39, 0.29) is 30.4 Å². The minimum Gasteiger partial charge on any atom is -0.380 e. The number of alkyl halides is 3. The Labute approximate surface area is 219 Å². The molecular weight excluding hydrogens is 555 g/mol. The van der Waals surface area contributed by atoms with Crippen molar-refractivity contribution < 1.29 is 27.5 Å². The third kappa shape index (κ3) is 6.31. The maximum atomic E-state index is 13.4. The van der Waals surface area contributed by atoms with Gasteiger partial charge in [0.2, 0.25) is 5.91 Å². The number of halogens is 4. The summed E-state index contributed by atoms with van der Waals surface area (Å²) in [7, 11) is 0. The number of carbonyl (C=O) groups excluding carboxylic acids is 2. The molecule has 2 N–H and O–H groups in total. The fraction of sp³-hybridized carbons (Fsp3) is 0.320. The first-order valence-electron chi connectivity index (χ1n) is 11.3. The minimum atomic E-state index is -4.53. The van der Waals surface area contributed by atoms with E-state index < -0.39 is 23.2 Å². The Morgan fingerprint density at radius 1 is 1.16 bits per heavy atom. The zero-order valence-electron chi connectivity index (χ0n) is 19.7. The van der Waals surface area contributed by atoms with Gasteiger partial charge in [0.05, 0.1) is 52.5 Å². The highest BCUT2D eigenvalue weighted by molar-refractivity contribution is 9.10. The Balaban J connectivity index is 1.44. The molecule has 1 unspecified atom stereocenters. The highest BCUT2D eigenvalue weighted by Gasteiger charge is 2.44. The van der Waals surface area contributed by atoms with E-state index in [0.29, 0.717) is 34.4 Å². The molecule has 1 aromatic carbocycles. The highest BCUT2D eigenvalue weighted by Crippen LogP contribution is 2.38. The van der Waals surface area contributed by atoms with E-state index in [9.17, 15) is 22.8 Å². The lowest BCUT2D eigenvalue weighted by Crippen LogP contribution is -2.44. The van der Waals surface area contributed by atoms with Gasteiger partial charge >= 0.3 is 6.18 Å². The van der Waals surface area contributed by atoms with Gasteiger partial charge in [-0.3, -0.25) is 14.6 Å². The summed E-state index contributed by atoms with van der Waals surface area (Å²) in [5.74, 6) is -0.593. The lowest BCUT2D eigenvalue weighted by Gasteiger charge is -2.27. The van der Waals surface area contributed by atoms with Crippen molar-refractivity contribution in [3.63, 3.8) is 0 Å². The summed E-state index contributed by atoms with van der Waals surface area (Å²) in [4.78, 5) is 38.0. The van der Waals surface area contributed by atoms with Gasteiger partial charge in [-0.2, -0.15) is 13.2 Å². The average Bonchev–Trinajstić information content (AvgIpc) is 3.35. The van der Waals surface area contributed by atoms with Gasteiger partial charge < -0.3 is 15.4 Å². The van der Waals surface area contributed by atoms with Crippen molar-refractivity contribution in [3.05, 3.63) is 76.5 Å². The SMILES string of the molecule is CC(NC(=O)[C@]1(CC(=O)c2cncnc2)CCOC1)c1ccc(Nc2ccc(Br)cc2C(F)(F)F)cn1. The summed E-state index contributed by atoms with van der Waals surface area (Å²) in [6, 6.07) is 6.52. The van der Waals surface area contributed by atoms with Crippen LogP contribution in [0, 0.1) is 5.41 Å². The molecule has 2 atom stereocenters. The van der Waals surface area contributed by atoms with Crippen LogP contribution in [0.15, 0.2) is 59.7 Å². The second-order valence-corrected chi connectivity index (χ2v) is 9.71. The van der Waals surface area contributed by atoms with E-state index in [2.05, 4.69) is 41.5 Å². The molecule has 0 aliphatic carbocycles. The van der Waals surface area contributed by atoms with Gasteiger partial charge in [-0.1, -0.05) is 15.9 Å². The van der Waals surface area contributed by atoms with Crippen molar-refractivity contribution in [1.29, 1.82) is 0 Å². The number of carbonyl (C=O) groups is 2. The van der Waals surface area contributed by atoms with Crippen LogP contribution < -0.4 is 10.6 Å². The smallest absolute Gasteiger partial charge is 0.380 e. The van der Waals surface area contributed by atoms with Gasteiger partial charge in [0.25, 0.3) is 0 Å². The standard InChI is InChI=1S/C25H23BrF3N5O3/c1-15(33-23(36)24(6-7-37-13-24)9-22(35)16-10-30-14-31-11-16)20-5-3-18(12-32-20)34-21-4-2-17(26)8-19(21)25(27,28)29/h2-5,8,10-12,14-15,34H,6-7,9,13H2,1H3,(H,33,36)/t15?,24-/m0/s1. The minimum absolute atomic E-state index is 0.0516. The van der Waals surface area contributed by atoms with Crippen molar-refractivity contribution in [1.82, 2.24) is 20.3 Å². The molecule has 37 heavy (non-hydrogen) atoms. The number of Topliss-reactive ketones (excluding diaryl/α,β-unsaturated/α-hetero) is 1. The maximum Gasteiger partial charge on any atom is 0.418 e. The normalized spacial score (nSPS) is 18.3. The van der Waals surface area contributed by atoms with Crippen LogP contribution in [-0.2, 0) is 15.7 Å². The molecule has 0 spiro atoms. The molecular formula is C25H23BrF3N5O3. The molecule has 1 fully saturated rings. The van der Waals surface area contributed by atoms with Gasteiger partial charge in [0, 0.05) is 29.9 Å². The molecule has 1 aliphatic rings. The van der Waals surface area contributed by atoms with Crippen LogP contribution in [0.3, 0.4) is 0 Å². The zero-order valence-corrected chi connectivity index (χ0v) is 21.3. The second-order valence-electron chi connectivity index (χ2n) is 8.79. The van der Waals surface area contributed by atoms with E-state index >= 15 is 0 Å². The van der Waals surface area contributed by atoms with Crippen molar-refractivity contribution in [2.45, 2.75) is 32.0 Å². The molecule has 1 aliphatic heterocycles. The zero-order chi connectivity index (χ0) is 26.6. The Bertz CT molecular complexity index is 1270. The Kier molecular flexibility index (Phi) is 7.88. The largest absolute Gasteiger partial charge is 0.418 e. The fourth-order valence-electron chi connectivity index (χ4n) is 4.03. The number of amides is 1. The number of anilines is 2. The first-order chi connectivity index (χ1) is 17.6. The van der Waals surface area contributed by atoms with Gasteiger partial charge in [0.15, 0.2) is 5.78 Å². The highest BCUT2D eigenvalue weighted by atomic mass is 79.9. The van der Waals surface area contributed by atoms with Gasteiger partial charge in [-0.15, -0.1) is 0 Å². The van der Waals surface area contributed by atoms with Crippen LogP contribution in [0.25, 0.3) is 0 Å². The van der Waals surface area contributed by atoms with Crippen molar-refractivity contribution >= 4 is 39.0 Å². The van der Waals surface area contributed by atoms with Crippen LogP contribution in [-0.4, -0.2) is 39.9 Å². The van der Waals surface area contributed by atoms with Gasteiger partial charge in [-0.05, 0) is 43.7 Å². The quantitative estimate of drug-likeness (QED) is 0.352. The molecule has 8 nitrogen and oxygen atoms in total. The molecule has 0 saturated carbocycles. The number of nitrogens with one attached hydrogen (secondary N) is 2. The second kappa shape index (κ2) is 10.9. The molecule has 0 radical (unpaired) electrons. The van der Waals surface area contributed by atoms with Crippen molar-refractivity contribution in [2.75, 3.05) is 18.5 Å². The van der Waals surface area contributed by atoms with Crippen LogP contribution in [0.5, 0.6) is 0 Å². The van der Waals surface area contributed by atoms with E-state index in [1.807, 2.05) is 0 Å². The maximum absolute atomic E-state index is 13.4. The van der Waals surface area contributed by atoms with Crippen molar-refractivity contribution in [2.24, 2.45) is 5.41 Å². The van der Waals surface area contributed by atoms with E-state index in [1.54, 1.807) is 19.1 Å². The average molecular weight is 578 g/mol. The monoisotopic (exact) mass is 577 g/mol. The van der Waals surface area contributed by atoms with E-state index in [4.69, 9.17) is 4.74 Å². The topological polar surface area (TPSA) is 106 Å². The number of nitrogens with zero attached hydrogens (tertiary/aromatic N) is 3. The summed E-state index contributed by atoms with van der Waals surface area (Å²) in [6.45, 7) is 2.20. The molecule has 4 rings (SSSR count). The van der Waals surface area contributed by atoms with Gasteiger partial charge in [-0.25, -0.2) is 9.97 Å². The summed E-state index contributed by atoms with van der Waals surface area (Å²) < 4.78 is 46.0. The van der Waals surface area contributed by atoms with Crippen LogP contribution >= 0.6 is 15.9 Å². The van der Waals surface area contributed by atoms with E-state index in [0.717, 1.165) is 6.07 Å². The molecule has 0 bridgehead atoms. The number of pyridine rings is 1. The molecule has 3 aromatic rings. The summed E-state index contributed by atoms with van der Waals surface area (Å²) in [6.07, 6.45) is 1.33. The molecule has 2 aromatic heterocycles. The van der Waals surface area contributed by atoms with Crippen LogP contribution in [0.2, 0.25) is 0 Å². The Morgan fingerprint density at radius 2 is 1.92 bits per heavy atom. The first-order valence-corrected chi connectivity index (χ1v) is 12.1. The van der Waals surface area contributed by atoms with Gasteiger partial charge in [0.1, 0.15) is 6.33 Å². The first kappa shape index (κ1) is 26.7. The third-order valence-corrected chi connectivity index (χ3v) is 6.60. The number of aromatic nitrogens is 3. The molecule has 1 amide bonds. The Hall–Kier alpha value is -3.38. The lowest BCUT2D eigenvalue weighted by atomic mass is 9.80. The number of hydrogen-bond acceptors (Lipinski definition) is 7.